The van der Waals surface area contributed by atoms with Crippen molar-refractivity contribution in [1.82, 2.24) is 5.32 Å². The van der Waals surface area contributed by atoms with E-state index in [0.29, 0.717) is 11.6 Å². The summed E-state index contributed by atoms with van der Waals surface area (Å²) in [4.78, 5) is 2.21. The topological polar surface area (TPSA) is 70.7 Å². The highest BCUT2D eigenvalue weighted by Gasteiger charge is 2.22. The third-order valence-corrected chi connectivity index (χ3v) is 6.16. The number of piperazine rings is 1. The average Bonchev–Trinajstić information content (AvgIpc) is 2.63. The zero-order chi connectivity index (χ0) is 21.2. The standard InChI is InChI=1S/C20H25F2N3O3S/c1-13-4-7-19(28-20(21)22)17(10-13)24-29(26,27)16-6-5-14(2)18(11-16)25-9-8-23-15(3)12-25/h4-7,10-11,15,20,23-24H,8-9,12H2,1-3H3/t15-/m1/s1. The van der Waals surface area contributed by atoms with Gasteiger partial charge >= 0.3 is 6.61 Å². The molecule has 2 aromatic carbocycles. The summed E-state index contributed by atoms with van der Waals surface area (Å²) in [5, 5.41) is 3.36. The van der Waals surface area contributed by atoms with Crippen LogP contribution in [0.3, 0.4) is 0 Å². The Kier molecular flexibility index (Phi) is 6.28. The minimum Gasteiger partial charge on any atom is -0.433 e. The molecule has 1 atom stereocenters. The normalized spacial score (nSPS) is 17.4. The van der Waals surface area contributed by atoms with Gasteiger partial charge in [0.2, 0.25) is 0 Å². The van der Waals surface area contributed by atoms with E-state index < -0.39 is 16.6 Å². The number of halogens is 2. The molecule has 0 spiro atoms. The molecule has 1 heterocycles. The largest absolute Gasteiger partial charge is 0.433 e. The Hall–Kier alpha value is -2.39. The molecule has 2 aromatic rings. The van der Waals surface area contributed by atoms with Crippen molar-refractivity contribution in [1.29, 1.82) is 0 Å². The number of aryl methyl sites for hydroxylation is 2. The first kappa shape index (κ1) is 21.3. The Morgan fingerprint density at radius 2 is 1.97 bits per heavy atom. The van der Waals surface area contributed by atoms with E-state index in [1.54, 1.807) is 25.1 Å². The SMILES string of the molecule is Cc1ccc(OC(F)F)c(NS(=O)(=O)c2ccc(C)c(N3CCN[C@H](C)C3)c2)c1. The fraction of sp³-hybridized carbons (Fsp3) is 0.400. The minimum atomic E-state index is -4.00. The number of benzene rings is 2. The summed E-state index contributed by atoms with van der Waals surface area (Å²) in [5.74, 6) is -0.225. The highest BCUT2D eigenvalue weighted by molar-refractivity contribution is 7.92. The summed E-state index contributed by atoms with van der Waals surface area (Å²) in [7, 11) is -4.00. The lowest BCUT2D eigenvalue weighted by Gasteiger charge is -2.34. The second-order valence-electron chi connectivity index (χ2n) is 7.23. The average molecular weight is 426 g/mol. The Morgan fingerprint density at radius 1 is 1.21 bits per heavy atom. The summed E-state index contributed by atoms with van der Waals surface area (Å²) in [6.45, 7) is 5.04. The molecule has 0 bridgehead atoms. The van der Waals surface area contributed by atoms with Gasteiger partial charge in [0.05, 0.1) is 10.6 Å². The summed E-state index contributed by atoms with van der Waals surface area (Å²) < 4.78 is 58.2. The van der Waals surface area contributed by atoms with Crippen LogP contribution in [0.5, 0.6) is 5.75 Å². The van der Waals surface area contributed by atoms with Crippen molar-refractivity contribution in [2.24, 2.45) is 0 Å². The lowest BCUT2D eigenvalue weighted by Crippen LogP contribution is -2.49. The predicted octanol–water partition coefficient (Wildman–Crippen LogP) is 3.50. The third-order valence-electron chi connectivity index (χ3n) is 4.80. The van der Waals surface area contributed by atoms with Crippen LogP contribution in [0.2, 0.25) is 0 Å². The lowest BCUT2D eigenvalue weighted by molar-refractivity contribution is -0.0493. The van der Waals surface area contributed by atoms with E-state index >= 15 is 0 Å². The second-order valence-corrected chi connectivity index (χ2v) is 8.92. The molecule has 29 heavy (non-hydrogen) atoms. The number of nitrogens with one attached hydrogen (secondary N) is 2. The van der Waals surface area contributed by atoms with E-state index in [0.717, 1.165) is 30.9 Å². The van der Waals surface area contributed by atoms with E-state index in [1.165, 1.54) is 18.2 Å². The number of sulfonamides is 1. The summed E-state index contributed by atoms with van der Waals surface area (Å²) in [6, 6.07) is 9.54. The van der Waals surface area contributed by atoms with Crippen LogP contribution >= 0.6 is 0 Å². The molecular formula is C20H25F2N3O3S. The van der Waals surface area contributed by atoms with Gasteiger partial charge in [0.1, 0.15) is 5.75 Å². The highest BCUT2D eigenvalue weighted by Crippen LogP contribution is 2.31. The van der Waals surface area contributed by atoms with Crippen molar-refractivity contribution in [2.75, 3.05) is 29.3 Å². The van der Waals surface area contributed by atoms with E-state index in [4.69, 9.17) is 0 Å². The van der Waals surface area contributed by atoms with E-state index in [1.807, 2.05) is 6.92 Å². The van der Waals surface area contributed by atoms with Gasteiger partial charge in [-0.1, -0.05) is 12.1 Å². The molecule has 1 saturated heterocycles. The maximum Gasteiger partial charge on any atom is 0.387 e. The first-order valence-corrected chi connectivity index (χ1v) is 10.8. The van der Waals surface area contributed by atoms with Crippen LogP contribution in [-0.4, -0.2) is 40.7 Å². The van der Waals surface area contributed by atoms with Crippen molar-refractivity contribution >= 4 is 21.4 Å². The molecule has 1 aliphatic heterocycles. The smallest absolute Gasteiger partial charge is 0.387 e. The van der Waals surface area contributed by atoms with Crippen molar-refractivity contribution in [2.45, 2.75) is 38.3 Å². The fourth-order valence-corrected chi connectivity index (χ4v) is 4.46. The molecule has 0 aromatic heterocycles. The number of nitrogens with zero attached hydrogens (tertiary/aromatic N) is 1. The second kappa shape index (κ2) is 8.54. The summed E-state index contributed by atoms with van der Waals surface area (Å²) in [6.07, 6.45) is 0. The first-order chi connectivity index (χ1) is 13.7. The van der Waals surface area contributed by atoms with E-state index in [-0.39, 0.29) is 16.3 Å². The van der Waals surface area contributed by atoms with Gasteiger partial charge in [-0.2, -0.15) is 8.78 Å². The molecule has 0 aliphatic carbocycles. The highest BCUT2D eigenvalue weighted by atomic mass is 32.2. The van der Waals surface area contributed by atoms with Gasteiger partial charge in [0.25, 0.3) is 10.0 Å². The zero-order valence-corrected chi connectivity index (χ0v) is 17.4. The van der Waals surface area contributed by atoms with Gasteiger partial charge in [-0.3, -0.25) is 4.72 Å². The summed E-state index contributed by atoms with van der Waals surface area (Å²) >= 11 is 0. The molecule has 1 fully saturated rings. The van der Waals surface area contributed by atoms with Gasteiger partial charge < -0.3 is 15.0 Å². The Morgan fingerprint density at radius 3 is 2.66 bits per heavy atom. The number of hydrogen-bond acceptors (Lipinski definition) is 5. The van der Waals surface area contributed by atoms with Crippen LogP contribution in [0.25, 0.3) is 0 Å². The minimum absolute atomic E-state index is 0.0248. The van der Waals surface area contributed by atoms with Gasteiger partial charge in [-0.05, 0) is 56.2 Å². The third kappa shape index (κ3) is 5.16. The number of rotatable bonds is 6. The van der Waals surface area contributed by atoms with Gasteiger partial charge in [-0.15, -0.1) is 0 Å². The molecule has 2 N–H and O–H groups in total. The molecule has 0 amide bonds. The molecule has 0 unspecified atom stereocenters. The number of hydrogen-bond donors (Lipinski definition) is 2. The van der Waals surface area contributed by atoms with Crippen molar-refractivity contribution < 1.29 is 21.9 Å². The molecule has 9 heteroatoms. The summed E-state index contributed by atoms with van der Waals surface area (Å²) in [5.41, 5.74) is 2.50. The fourth-order valence-electron chi connectivity index (χ4n) is 3.37. The van der Waals surface area contributed by atoms with Crippen LogP contribution < -0.4 is 19.7 Å². The number of ether oxygens (including phenoxy) is 1. The maximum absolute atomic E-state index is 13.0. The Balaban J connectivity index is 1.92. The zero-order valence-electron chi connectivity index (χ0n) is 16.6. The van der Waals surface area contributed by atoms with Gasteiger partial charge in [0, 0.05) is 31.4 Å². The Labute approximate surface area is 169 Å². The van der Waals surface area contributed by atoms with Crippen molar-refractivity contribution in [3.8, 4) is 5.75 Å². The Bertz CT molecular complexity index is 983. The van der Waals surface area contributed by atoms with Gasteiger partial charge in [-0.25, -0.2) is 8.42 Å². The van der Waals surface area contributed by atoms with Crippen molar-refractivity contribution in [3.05, 3.63) is 47.5 Å². The molecule has 3 rings (SSSR count). The molecule has 1 aliphatic rings. The quantitative estimate of drug-likeness (QED) is 0.741. The molecule has 158 valence electrons. The lowest BCUT2D eigenvalue weighted by atomic mass is 10.1. The van der Waals surface area contributed by atoms with Crippen LogP contribution in [0.4, 0.5) is 20.2 Å². The van der Waals surface area contributed by atoms with E-state index in [2.05, 4.69) is 26.6 Å². The van der Waals surface area contributed by atoms with Crippen LogP contribution in [0.1, 0.15) is 18.1 Å². The molecule has 0 radical (unpaired) electrons. The van der Waals surface area contributed by atoms with Crippen LogP contribution in [0.15, 0.2) is 41.3 Å². The maximum atomic E-state index is 13.0. The predicted molar refractivity (Wildman–Crippen MR) is 109 cm³/mol. The van der Waals surface area contributed by atoms with Crippen molar-refractivity contribution in [3.63, 3.8) is 0 Å². The monoisotopic (exact) mass is 425 g/mol. The molecular weight excluding hydrogens is 400 g/mol. The number of alkyl halides is 2. The molecule has 0 saturated carbocycles. The first-order valence-electron chi connectivity index (χ1n) is 9.33. The van der Waals surface area contributed by atoms with Gasteiger partial charge in [0.15, 0.2) is 0 Å². The van der Waals surface area contributed by atoms with Crippen LogP contribution in [-0.2, 0) is 10.0 Å². The number of anilines is 2. The van der Waals surface area contributed by atoms with E-state index in [9.17, 15) is 17.2 Å². The molecule has 6 nitrogen and oxygen atoms in total. The van der Waals surface area contributed by atoms with Crippen LogP contribution in [0, 0.1) is 13.8 Å².